The zero-order valence-electron chi connectivity index (χ0n) is 6.18. The normalized spacial score (nSPS) is 17.9. The van der Waals surface area contributed by atoms with Crippen LogP contribution in [0.4, 0.5) is 0 Å². The Hall–Kier alpha value is -0.560. The van der Waals surface area contributed by atoms with Crippen LogP contribution >= 0.6 is 11.6 Å². The van der Waals surface area contributed by atoms with Gasteiger partial charge in [0.05, 0.1) is 0 Å². The van der Waals surface area contributed by atoms with Gasteiger partial charge < -0.3 is 0 Å². The molecule has 0 saturated heterocycles. The highest BCUT2D eigenvalue weighted by Gasteiger charge is 2.21. The molecule has 0 aliphatic heterocycles. The topological polar surface area (TPSA) is 12.9 Å². The van der Waals surface area contributed by atoms with E-state index in [1.807, 2.05) is 18.2 Å². The summed E-state index contributed by atoms with van der Waals surface area (Å²) < 4.78 is 0. The summed E-state index contributed by atoms with van der Waals surface area (Å²) >= 11 is 5.75. The minimum atomic E-state index is 0.599. The van der Waals surface area contributed by atoms with Crippen molar-refractivity contribution < 1.29 is 0 Å². The molecule has 0 bridgehead atoms. The van der Waals surface area contributed by atoms with E-state index in [9.17, 15) is 0 Å². The van der Waals surface area contributed by atoms with Crippen LogP contribution in [0.1, 0.15) is 25.0 Å². The molecule has 1 nitrogen and oxygen atoms in total. The van der Waals surface area contributed by atoms with E-state index in [1.54, 1.807) is 0 Å². The van der Waals surface area contributed by atoms with Gasteiger partial charge in [-0.3, -0.25) is 0 Å². The summed E-state index contributed by atoms with van der Waals surface area (Å²) in [6, 6.07) is 5.79. The second kappa shape index (κ2) is 2.82. The van der Waals surface area contributed by atoms with Gasteiger partial charge in [-0.25, -0.2) is 4.98 Å². The van der Waals surface area contributed by atoms with E-state index >= 15 is 0 Å². The van der Waals surface area contributed by atoms with E-state index in [2.05, 4.69) is 4.98 Å². The first-order valence-corrected chi connectivity index (χ1v) is 4.22. The molecular formula is C9H9ClN. The Kier molecular flexibility index (Phi) is 1.82. The van der Waals surface area contributed by atoms with Crippen molar-refractivity contribution in [1.82, 2.24) is 4.98 Å². The predicted octanol–water partition coefficient (Wildman–Crippen LogP) is 2.84. The quantitative estimate of drug-likeness (QED) is 0.585. The summed E-state index contributed by atoms with van der Waals surface area (Å²) in [5.74, 6) is 1.45. The van der Waals surface area contributed by atoms with Crippen LogP contribution in [0.2, 0.25) is 5.15 Å². The Bertz CT molecular complexity index is 255. The van der Waals surface area contributed by atoms with E-state index in [1.165, 1.54) is 25.2 Å². The van der Waals surface area contributed by atoms with Crippen molar-refractivity contribution in [3.63, 3.8) is 0 Å². The maximum Gasteiger partial charge on any atom is 0.129 e. The number of hydrogen-bond donors (Lipinski definition) is 0. The van der Waals surface area contributed by atoms with Crippen molar-refractivity contribution in [2.24, 2.45) is 0 Å². The van der Waals surface area contributed by atoms with Gasteiger partial charge in [-0.2, -0.15) is 0 Å². The Morgan fingerprint density at radius 1 is 1.27 bits per heavy atom. The van der Waals surface area contributed by atoms with Gasteiger partial charge in [0.1, 0.15) is 5.15 Å². The zero-order valence-corrected chi connectivity index (χ0v) is 6.93. The lowest BCUT2D eigenvalue weighted by Crippen LogP contribution is -2.11. The van der Waals surface area contributed by atoms with Crippen molar-refractivity contribution in [3.05, 3.63) is 35.0 Å². The number of rotatable bonds is 1. The van der Waals surface area contributed by atoms with Gasteiger partial charge in [-0.15, -0.1) is 0 Å². The van der Waals surface area contributed by atoms with Gasteiger partial charge >= 0.3 is 0 Å². The minimum absolute atomic E-state index is 0.599. The molecule has 0 aromatic carbocycles. The molecule has 1 saturated carbocycles. The molecule has 1 aromatic rings. The Balaban J connectivity index is 2.23. The third kappa shape index (κ3) is 1.38. The summed E-state index contributed by atoms with van der Waals surface area (Å²) in [4.78, 5) is 4.22. The smallest absolute Gasteiger partial charge is 0.129 e. The first-order chi connectivity index (χ1) is 5.36. The molecule has 1 aliphatic rings. The number of hydrogen-bond acceptors (Lipinski definition) is 1. The highest BCUT2D eigenvalue weighted by molar-refractivity contribution is 6.29. The third-order valence-corrected chi connectivity index (χ3v) is 2.24. The van der Waals surface area contributed by atoms with Crippen molar-refractivity contribution in [1.29, 1.82) is 0 Å². The molecule has 0 atom stereocenters. The number of nitrogens with zero attached hydrogens (tertiary/aromatic N) is 1. The Morgan fingerprint density at radius 3 is 2.64 bits per heavy atom. The standard InChI is InChI=1S/C9H9ClN/c10-9-6-2-5-8(11-9)7-3-1-4-7/h2,5-6H,1,3-4H2. The molecule has 1 radical (unpaired) electrons. The molecular weight excluding hydrogens is 158 g/mol. The molecule has 1 aromatic heterocycles. The average molecular weight is 167 g/mol. The highest BCUT2D eigenvalue weighted by Crippen LogP contribution is 2.34. The molecule has 57 valence electrons. The molecule has 0 spiro atoms. The lowest BCUT2D eigenvalue weighted by molar-refractivity contribution is 0.569. The van der Waals surface area contributed by atoms with Crippen LogP contribution in [-0.4, -0.2) is 4.98 Å². The predicted molar refractivity (Wildman–Crippen MR) is 45.4 cm³/mol. The third-order valence-electron chi connectivity index (χ3n) is 2.03. The number of halogens is 1. The molecule has 1 fully saturated rings. The molecule has 2 rings (SSSR count). The molecule has 0 N–H and O–H groups in total. The Labute approximate surface area is 71.4 Å². The summed E-state index contributed by atoms with van der Waals surface area (Å²) in [5.41, 5.74) is 1.09. The van der Waals surface area contributed by atoms with Crippen LogP contribution in [0.3, 0.4) is 0 Å². The van der Waals surface area contributed by atoms with E-state index < -0.39 is 0 Å². The van der Waals surface area contributed by atoms with Gasteiger partial charge in [0, 0.05) is 11.6 Å². The summed E-state index contributed by atoms with van der Waals surface area (Å²) in [7, 11) is 0. The van der Waals surface area contributed by atoms with Crippen LogP contribution in [-0.2, 0) is 0 Å². The second-order valence-electron chi connectivity index (χ2n) is 2.80. The summed E-state index contributed by atoms with van der Waals surface area (Å²) in [5, 5.41) is 0.599. The van der Waals surface area contributed by atoms with Crippen molar-refractivity contribution in [3.8, 4) is 0 Å². The van der Waals surface area contributed by atoms with Crippen molar-refractivity contribution in [2.45, 2.75) is 19.3 Å². The van der Waals surface area contributed by atoms with Gasteiger partial charge in [-0.1, -0.05) is 24.1 Å². The molecule has 1 heterocycles. The SMILES string of the molecule is Clc1cccc([C]2CCC2)n1. The fraction of sp³-hybridized carbons (Fsp3) is 0.333. The highest BCUT2D eigenvalue weighted by atomic mass is 35.5. The largest absolute Gasteiger partial charge is 0.241 e. The zero-order chi connectivity index (χ0) is 7.68. The lowest BCUT2D eigenvalue weighted by atomic mass is 9.83. The van der Waals surface area contributed by atoms with Crippen LogP contribution in [0.25, 0.3) is 0 Å². The van der Waals surface area contributed by atoms with E-state index in [0.717, 1.165) is 5.69 Å². The molecule has 0 amide bonds. The lowest BCUT2D eigenvalue weighted by Gasteiger charge is -2.23. The minimum Gasteiger partial charge on any atom is -0.241 e. The average Bonchev–Trinajstić information content (AvgIpc) is 1.83. The van der Waals surface area contributed by atoms with Gasteiger partial charge in [0.15, 0.2) is 0 Å². The second-order valence-corrected chi connectivity index (χ2v) is 3.19. The molecule has 11 heavy (non-hydrogen) atoms. The maximum absolute atomic E-state index is 5.75. The van der Waals surface area contributed by atoms with Gasteiger partial charge in [-0.05, 0) is 25.0 Å². The Morgan fingerprint density at radius 2 is 2.09 bits per heavy atom. The van der Waals surface area contributed by atoms with E-state index in [0.29, 0.717) is 5.15 Å². The summed E-state index contributed by atoms with van der Waals surface area (Å²) in [6.45, 7) is 0. The van der Waals surface area contributed by atoms with E-state index in [-0.39, 0.29) is 0 Å². The monoisotopic (exact) mass is 166 g/mol. The maximum atomic E-state index is 5.75. The molecule has 2 heteroatoms. The fourth-order valence-corrected chi connectivity index (χ4v) is 1.38. The number of aromatic nitrogens is 1. The van der Waals surface area contributed by atoms with Gasteiger partial charge in [0.2, 0.25) is 0 Å². The van der Waals surface area contributed by atoms with Crippen LogP contribution in [0.15, 0.2) is 18.2 Å². The number of pyridine rings is 1. The van der Waals surface area contributed by atoms with Gasteiger partial charge in [0.25, 0.3) is 0 Å². The first kappa shape index (κ1) is 7.11. The summed E-state index contributed by atoms with van der Waals surface area (Å²) in [6.07, 6.45) is 3.71. The molecule has 1 aliphatic carbocycles. The molecule has 0 unspecified atom stereocenters. The van der Waals surface area contributed by atoms with Crippen molar-refractivity contribution >= 4 is 11.6 Å². The van der Waals surface area contributed by atoms with Crippen LogP contribution in [0.5, 0.6) is 0 Å². The van der Waals surface area contributed by atoms with Crippen LogP contribution < -0.4 is 0 Å². The first-order valence-electron chi connectivity index (χ1n) is 3.84. The fourth-order valence-electron chi connectivity index (χ4n) is 1.21. The van der Waals surface area contributed by atoms with Crippen molar-refractivity contribution in [2.75, 3.05) is 0 Å². The van der Waals surface area contributed by atoms with Crippen LogP contribution in [0, 0.1) is 5.92 Å². The van der Waals surface area contributed by atoms with E-state index in [4.69, 9.17) is 11.6 Å².